The molecule has 3 aromatic carbocycles. The lowest BCUT2D eigenvalue weighted by Gasteiger charge is -2.06. The molecule has 0 unspecified atom stereocenters. The van der Waals surface area contributed by atoms with Gasteiger partial charge in [-0.2, -0.15) is 15.0 Å². The van der Waals surface area contributed by atoms with Crippen LogP contribution in [0.1, 0.15) is 0 Å². The number of halogens is 2. The lowest BCUT2D eigenvalue weighted by molar-refractivity contribution is 1.06. The minimum absolute atomic E-state index is 0.0862. The van der Waals surface area contributed by atoms with Crippen molar-refractivity contribution in [2.75, 3.05) is 0 Å². The van der Waals surface area contributed by atoms with Gasteiger partial charge in [-0.05, 0) is 57.2 Å². The molecule has 0 radical (unpaired) electrons. The van der Waals surface area contributed by atoms with Crippen LogP contribution in [0.2, 0.25) is 10.6 Å². The van der Waals surface area contributed by atoms with Gasteiger partial charge in [0, 0.05) is 5.56 Å². The Morgan fingerprint density at radius 3 is 1.88 bits per heavy atom. The zero-order chi connectivity index (χ0) is 16.5. The van der Waals surface area contributed by atoms with E-state index in [1.165, 1.54) is 5.56 Å². The Bertz CT molecular complexity index is 1010. The molecule has 0 bridgehead atoms. The molecule has 0 spiro atoms. The van der Waals surface area contributed by atoms with Crippen LogP contribution in [0.5, 0.6) is 0 Å². The second-order valence-corrected chi connectivity index (χ2v) is 6.02. The van der Waals surface area contributed by atoms with Gasteiger partial charge in [-0.15, -0.1) is 0 Å². The monoisotopic (exact) mass is 351 g/mol. The lowest BCUT2D eigenvalue weighted by atomic mass is 10.00. The smallest absolute Gasteiger partial charge is 0.198 e. The third-order valence-corrected chi connectivity index (χ3v) is 4.12. The molecule has 0 saturated heterocycles. The van der Waals surface area contributed by atoms with Crippen molar-refractivity contribution in [3.63, 3.8) is 0 Å². The SMILES string of the molecule is Clc1nc(Cl)nc(-c2ccc3ccc(-c4ccccc4)cc3c2)n1. The van der Waals surface area contributed by atoms with Gasteiger partial charge in [0.15, 0.2) is 5.82 Å². The van der Waals surface area contributed by atoms with Crippen molar-refractivity contribution >= 4 is 34.0 Å². The van der Waals surface area contributed by atoms with Gasteiger partial charge < -0.3 is 0 Å². The van der Waals surface area contributed by atoms with Gasteiger partial charge in [-0.1, -0.05) is 54.6 Å². The largest absolute Gasteiger partial charge is 0.227 e. The molecule has 3 nitrogen and oxygen atoms in total. The Morgan fingerprint density at radius 2 is 1.17 bits per heavy atom. The Morgan fingerprint density at radius 1 is 0.542 bits per heavy atom. The van der Waals surface area contributed by atoms with Crippen LogP contribution in [0.15, 0.2) is 66.7 Å². The summed E-state index contributed by atoms with van der Waals surface area (Å²) in [7, 11) is 0. The zero-order valence-electron chi connectivity index (χ0n) is 12.4. The second kappa shape index (κ2) is 6.19. The summed E-state index contributed by atoms with van der Waals surface area (Å²) < 4.78 is 0. The van der Waals surface area contributed by atoms with Gasteiger partial charge in [0.05, 0.1) is 0 Å². The average molecular weight is 352 g/mol. The van der Waals surface area contributed by atoms with E-state index in [0.29, 0.717) is 5.82 Å². The summed E-state index contributed by atoms with van der Waals surface area (Å²) in [5.41, 5.74) is 3.18. The van der Waals surface area contributed by atoms with E-state index in [0.717, 1.165) is 21.9 Å². The van der Waals surface area contributed by atoms with Gasteiger partial charge in [0.2, 0.25) is 10.6 Å². The van der Waals surface area contributed by atoms with Crippen LogP contribution in [0.3, 0.4) is 0 Å². The normalized spacial score (nSPS) is 10.9. The summed E-state index contributed by atoms with van der Waals surface area (Å²) in [6.45, 7) is 0. The molecule has 4 aromatic rings. The number of nitrogens with zero attached hydrogens (tertiary/aromatic N) is 3. The first-order chi connectivity index (χ1) is 11.7. The highest BCUT2D eigenvalue weighted by molar-refractivity contribution is 6.31. The van der Waals surface area contributed by atoms with Crippen molar-refractivity contribution in [1.29, 1.82) is 0 Å². The summed E-state index contributed by atoms with van der Waals surface area (Å²) in [5.74, 6) is 0.465. The van der Waals surface area contributed by atoms with Crippen LogP contribution in [0, 0.1) is 0 Å². The maximum atomic E-state index is 5.88. The highest BCUT2D eigenvalue weighted by atomic mass is 35.5. The fourth-order valence-corrected chi connectivity index (χ4v) is 3.01. The molecule has 0 saturated carbocycles. The zero-order valence-corrected chi connectivity index (χ0v) is 14.0. The van der Waals surface area contributed by atoms with Gasteiger partial charge >= 0.3 is 0 Å². The van der Waals surface area contributed by atoms with Crippen molar-refractivity contribution in [3.05, 3.63) is 77.3 Å². The summed E-state index contributed by atoms with van der Waals surface area (Å²) in [5, 5.41) is 2.41. The highest BCUT2D eigenvalue weighted by Crippen LogP contribution is 2.28. The van der Waals surface area contributed by atoms with E-state index < -0.39 is 0 Å². The lowest BCUT2D eigenvalue weighted by Crippen LogP contribution is -1.93. The third-order valence-electron chi connectivity index (χ3n) is 3.79. The molecular formula is C19H11Cl2N3. The Labute approximate surface area is 148 Å². The molecule has 0 N–H and O–H groups in total. The van der Waals surface area contributed by atoms with Crippen molar-refractivity contribution < 1.29 is 0 Å². The number of hydrogen-bond acceptors (Lipinski definition) is 3. The molecule has 0 aliphatic carbocycles. The van der Waals surface area contributed by atoms with Crippen LogP contribution in [0.4, 0.5) is 0 Å². The molecule has 24 heavy (non-hydrogen) atoms. The van der Waals surface area contributed by atoms with E-state index in [-0.39, 0.29) is 10.6 Å². The van der Waals surface area contributed by atoms with Crippen molar-refractivity contribution in [2.45, 2.75) is 0 Å². The average Bonchev–Trinajstić information content (AvgIpc) is 2.61. The number of benzene rings is 3. The third kappa shape index (κ3) is 2.96. The number of rotatable bonds is 2. The minimum atomic E-state index is 0.0862. The molecular weight excluding hydrogens is 341 g/mol. The number of hydrogen-bond donors (Lipinski definition) is 0. The van der Waals surface area contributed by atoms with Gasteiger partial charge in [0.1, 0.15) is 0 Å². The topological polar surface area (TPSA) is 38.7 Å². The standard InChI is InChI=1S/C19H11Cl2N3/c20-18-22-17(23-19(21)24-18)15-9-7-13-6-8-14(10-16(13)11-15)12-4-2-1-3-5-12/h1-11H. The van der Waals surface area contributed by atoms with Gasteiger partial charge in [-0.3, -0.25) is 0 Å². The van der Waals surface area contributed by atoms with E-state index >= 15 is 0 Å². The molecule has 5 heteroatoms. The van der Waals surface area contributed by atoms with E-state index in [1.807, 2.05) is 36.4 Å². The fraction of sp³-hybridized carbons (Fsp3) is 0. The molecule has 116 valence electrons. The van der Waals surface area contributed by atoms with E-state index in [4.69, 9.17) is 23.2 Å². The van der Waals surface area contributed by atoms with Crippen molar-refractivity contribution in [1.82, 2.24) is 15.0 Å². The quantitative estimate of drug-likeness (QED) is 0.467. The molecule has 0 amide bonds. The van der Waals surface area contributed by atoms with Crippen LogP contribution < -0.4 is 0 Å². The molecule has 0 atom stereocenters. The first kappa shape index (κ1) is 15.1. The maximum absolute atomic E-state index is 5.88. The minimum Gasteiger partial charge on any atom is -0.198 e. The van der Waals surface area contributed by atoms with E-state index in [2.05, 4.69) is 45.3 Å². The first-order valence-electron chi connectivity index (χ1n) is 7.36. The fourth-order valence-electron chi connectivity index (χ4n) is 2.65. The highest BCUT2D eigenvalue weighted by Gasteiger charge is 2.07. The Balaban J connectivity index is 1.84. The summed E-state index contributed by atoms with van der Waals surface area (Å²) in [4.78, 5) is 12.1. The van der Waals surface area contributed by atoms with Crippen molar-refractivity contribution in [3.8, 4) is 22.5 Å². The van der Waals surface area contributed by atoms with Crippen LogP contribution in [-0.4, -0.2) is 15.0 Å². The van der Waals surface area contributed by atoms with E-state index in [1.54, 1.807) is 0 Å². The van der Waals surface area contributed by atoms with Crippen LogP contribution >= 0.6 is 23.2 Å². The first-order valence-corrected chi connectivity index (χ1v) is 8.11. The summed E-state index contributed by atoms with van der Waals surface area (Å²) in [6.07, 6.45) is 0. The van der Waals surface area contributed by atoms with Crippen molar-refractivity contribution in [2.24, 2.45) is 0 Å². The predicted molar refractivity (Wildman–Crippen MR) is 98.2 cm³/mol. The van der Waals surface area contributed by atoms with Crippen LogP contribution in [-0.2, 0) is 0 Å². The Kier molecular flexibility index (Phi) is 3.89. The summed E-state index contributed by atoms with van der Waals surface area (Å²) >= 11 is 11.8. The molecule has 0 aliphatic rings. The molecule has 1 aromatic heterocycles. The van der Waals surface area contributed by atoms with E-state index in [9.17, 15) is 0 Å². The molecule has 0 fully saturated rings. The molecule has 4 rings (SSSR count). The maximum Gasteiger partial charge on any atom is 0.227 e. The van der Waals surface area contributed by atoms with Gasteiger partial charge in [0.25, 0.3) is 0 Å². The summed E-state index contributed by atoms with van der Waals surface area (Å²) in [6, 6.07) is 22.7. The number of aromatic nitrogens is 3. The second-order valence-electron chi connectivity index (χ2n) is 5.34. The predicted octanol–water partition coefficient (Wildman–Crippen LogP) is 5.67. The Hall–Kier alpha value is -2.49. The number of fused-ring (bicyclic) bond motifs is 1. The van der Waals surface area contributed by atoms with Gasteiger partial charge in [-0.25, -0.2) is 0 Å². The molecule has 0 aliphatic heterocycles. The molecule has 1 heterocycles. The van der Waals surface area contributed by atoms with Crippen LogP contribution in [0.25, 0.3) is 33.3 Å².